The number of piperidine rings is 1. The molecule has 1 saturated heterocycles. The molecule has 138 valence electrons. The van der Waals surface area contributed by atoms with Gasteiger partial charge < -0.3 is 10.6 Å². The lowest BCUT2D eigenvalue weighted by atomic mass is 9.98. The Labute approximate surface area is 156 Å². The first kappa shape index (κ1) is 18.5. The lowest BCUT2D eigenvalue weighted by Gasteiger charge is -2.41. The van der Waals surface area contributed by atoms with Gasteiger partial charge in [-0.1, -0.05) is 37.3 Å². The van der Waals surface area contributed by atoms with Crippen molar-refractivity contribution in [3.05, 3.63) is 60.2 Å². The van der Waals surface area contributed by atoms with Crippen LogP contribution in [0.15, 0.2) is 54.6 Å². The number of nitrogens with two attached hydrogens (primary N) is 1. The number of nitrogens with zero attached hydrogens (tertiary/aromatic N) is 2. The van der Waals surface area contributed by atoms with E-state index in [0.717, 1.165) is 37.3 Å². The molecule has 1 fully saturated rings. The van der Waals surface area contributed by atoms with E-state index >= 15 is 0 Å². The molecule has 1 heterocycles. The third-order valence-corrected chi connectivity index (χ3v) is 5.44. The maximum absolute atomic E-state index is 12.6. The fraction of sp³-hybridized carbons (Fsp3) is 0.409. The molecule has 2 aromatic rings. The number of carbonyl (C=O) groups is 1. The highest BCUT2D eigenvalue weighted by atomic mass is 16.2. The van der Waals surface area contributed by atoms with E-state index in [1.54, 1.807) is 0 Å². The van der Waals surface area contributed by atoms with Crippen molar-refractivity contribution in [2.24, 2.45) is 0 Å². The van der Waals surface area contributed by atoms with Crippen molar-refractivity contribution >= 4 is 17.3 Å². The van der Waals surface area contributed by atoms with E-state index < -0.39 is 0 Å². The van der Waals surface area contributed by atoms with Crippen LogP contribution in [-0.4, -0.2) is 29.9 Å². The standard InChI is InChI=1S/C22H29N3O/c1-3-22(26)25(20-11-9-19(23)10-12-20)21-13-15-24(16-14-21)17(2)18-7-5-4-6-8-18/h4-12,17,21H,3,13-16,23H2,1-2H3. The van der Waals surface area contributed by atoms with Crippen molar-refractivity contribution in [2.45, 2.75) is 45.2 Å². The van der Waals surface area contributed by atoms with Crippen molar-refractivity contribution < 1.29 is 4.79 Å². The molecule has 1 amide bonds. The van der Waals surface area contributed by atoms with Gasteiger partial charge in [0.05, 0.1) is 0 Å². The predicted molar refractivity (Wildman–Crippen MR) is 108 cm³/mol. The van der Waals surface area contributed by atoms with Gasteiger partial charge in [0.15, 0.2) is 0 Å². The first-order chi connectivity index (χ1) is 12.6. The Bertz CT molecular complexity index is 706. The first-order valence-electron chi connectivity index (χ1n) is 9.56. The largest absolute Gasteiger partial charge is 0.399 e. The summed E-state index contributed by atoms with van der Waals surface area (Å²) < 4.78 is 0. The Kier molecular flexibility index (Phi) is 5.94. The summed E-state index contributed by atoms with van der Waals surface area (Å²) in [5.74, 6) is 0.185. The van der Waals surface area contributed by atoms with Crippen LogP contribution in [0.4, 0.5) is 11.4 Å². The number of rotatable bonds is 5. The molecule has 4 heteroatoms. The molecule has 1 aliphatic heterocycles. The Balaban J connectivity index is 1.69. The highest BCUT2D eigenvalue weighted by Crippen LogP contribution is 2.29. The molecule has 0 radical (unpaired) electrons. The van der Waals surface area contributed by atoms with E-state index in [0.29, 0.717) is 12.5 Å². The Morgan fingerprint density at radius 3 is 2.31 bits per heavy atom. The van der Waals surface area contributed by atoms with E-state index in [1.165, 1.54) is 5.56 Å². The van der Waals surface area contributed by atoms with Crippen molar-refractivity contribution in [1.29, 1.82) is 0 Å². The average molecular weight is 351 g/mol. The molecule has 0 spiro atoms. The number of hydrogen-bond donors (Lipinski definition) is 1. The van der Waals surface area contributed by atoms with Gasteiger partial charge in [-0.3, -0.25) is 9.69 Å². The minimum Gasteiger partial charge on any atom is -0.399 e. The van der Waals surface area contributed by atoms with Crippen molar-refractivity contribution in [2.75, 3.05) is 23.7 Å². The molecule has 1 unspecified atom stereocenters. The predicted octanol–water partition coefficient (Wildman–Crippen LogP) is 4.24. The summed E-state index contributed by atoms with van der Waals surface area (Å²) in [6.07, 6.45) is 2.51. The summed E-state index contributed by atoms with van der Waals surface area (Å²) in [6.45, 7) is 6.20. The minimum absolute atomic E-state index is 0.185. The van der Waals surface area contributed by atoms with E-state index in [2.05, 4.69) is 42.2 Å². The molecule has 1 atom stereocenters. The highest BCUT2D eigenvalue weighted by Gasteiger charge is 2.30. The third kappa shape index (κ3) is 4.07. The maximum Gasteiger partial charge on any atom is 0.226 e. The van der Waals surface area contributed by atoms with Gasteiger partial charge >= 0.3 is 0 Å². The van der Waals surface area contributed by atoms with Crippen LogP contribution in [0.2, 0.25) is 0 Å². The molecule has 2 N–H and O–H groups in total. The molecule has 0 aromatic heterocycles. The van der Waals surface area contributed by atoms with Crippen molar-refractivity contribution in [3.63, 3.8) is 0 Å². The maximum atomic E-state index is 12.6. The van der Waals surface area contributed by atoms with Crippen LogP contribution in [0.25, 0.3) is 0 Å². The third-order valence-electron chi connectivity index (χ3n) is 5.44. The smallest absolute Gasteiger partial charge is 0.226 e. The fourth-order valence-electron chi connectivity index (χ4n) is 3.84. The summed E-state index contributed by atoms with van der Waals surface area (Å²) in [6, 6.07) is 19.0. The van der Waals surface area contributed by atoms with Crippen LogP contribution in [0, 0.1) is 0 Å². The summed E-state index contributed by atoms with van der Waals surface area (Å²) in [5.41, 5.74) is 8.85. The van der Waals surface area contributed by atoms with Gasteiger partial charge in [0, 0.05) is 43.0 Å². The molecule has 0 aliphatic carbocycles. The molecule has 0 saturated carbocycles. The number of hydrogen-bond acceptors (Lipinski definition) is 3. The lowest BCUT2D eigenvalue weighted by molar-refractivity contribution is -0.119. The Morgan fingerprint density at radius 1 is 1.12 bits per heavy atom. The number of carbonyl (C=O) groups excluding carboxylic acids is 1. The summed E-state index contributed by atoms with van der Waals surface area (Å²) >= 11 is 0. The number of anilines is 2. The topological polar surface area (TPSA) is 49.6 Å². The second-order valence-corrected chi connectivity index (χ2v) is 7.06. The summed E-state index contributed by atoms with van der Waals surface area (Å²) in [7, 11) is 0. The van der Waals surface area contributed by atoms with E-state index in [4.69, 9.17) is 5.73 Å². The normalized spacial score (nSPS) is 17.0. The van der Waals surface area contributed by atoms with Crippen LogP contribution in [0.3, 0.4) is 0 Å². The summed E-state index contributed by atoms with van der Waals surface area (Å²) in [4.78, 5) is 17.1. The van der Waals surface area contributed by atoms with Crippen LogP contribution >= 0.6 is 0 Å². The van der Waals surface area contributed by atoms with Gasteiger partial charge in [0.1, 0.15) is 0 Å². The Hall–Kier alpha value is -2.33. The second-order valence-electron chi connectivity index (χ2n) is 7.06. The molecular formula is C22H29N3O. The van der Waals surface area contributed by atoms with E-state index in [9.17, 15) is 4.79 Å². The lowest BCUT2D eigenvalue weighted by Crippen LogP contribution is -2.48. The van der Waals surface area contributed by atoms with Gasteiger partial charge in [0.2, 0.25) is 5.91 Å². The molecule has 1 aliphatic rings. The van der Waals surface area contributed by atoms with Crippen LogP contribution in [0.1, 0.15) is 44.7 Å². The minimum atomic E-state index is 0.185. The van der Waals surface area contributed by atoms with Crippen LogP contribution in [-0.2, 0) is 4.79 Å². The number of likely N-dealkylation sites (tertiary alicyclic amines) is 1. The zero-order chi connectivity index (χ0) is 18.5. The zero-order valence-electron chi connectivity index (χ0n) is 15.8. The number of benzene rings is 2. The van der Waals surface area contributed by atoms with Gasteiger partial charge in [0.25, 0.3) is 0 Å². The van der Waals surface area contributed by atoms with Crippen molar-refractivity contribution in [1.82, 2.24) is 4.90 Å². The second kappa shape index (κ2) is 8.37. The van der Waals surface area contributed by atoms with Gasteiger partial charge in [-0.2, -0.15) is 0 Å². The SMILES string of the molecule is CCC(=O)N(c1ccc(N)cc1)C1CCN(C(C)c2ccccc2)CC1. The average Bonchev–Trinajstić information content (AvgIpc) is 2.70. The first-order valence-corrected chi connectivity index (χ1v) is 9.56. The molecule has 4 nitrogen and oxygen atoms in total. The van der Waals surface area contributed by atoms with Gasteiger partial charge in [-0.15, -0.1) is 0 Å². The van der Waals surface area contributed by atoms with Gasteiger partial charge in [-0.25, -0.2) is 0 Å². The van der Waals surface area contributed by atoms with Crippen molar-refractivity contribution in [3.8, 4) is 0 Å². The molecular weight excluding hydrogens is 322 g/mol. The number of amides is 1. The molecule has 2 aromatic carbocycles. The van der Waals surface area contributed by atoms with Crippen LogP contribution < -0.4 is 10.6 Å². The Morgan fingerprint density at radius 2 is 1.73 bits per heavy atom. The fourth-order valence-corrected chi connectivity index (χ4v) is 3.84. The molecule has 0 bridgehead atoms. The van der Waals surface area contributed by atoms with E-state index in [1.807, 2.05) is 36.1 Å². The van der Waals surface area contributed by atoms with Crippen LogP contribution in [0.5, 0.6) is 0 Å². The molecule has 3 rings (SSSR count). The monoisotopic (exact) mass is 351 g/mol. The highest BCUT2D eigenvalue weighted by molar-refractivity contribution is 5.93. The van der Waals surface area contributed by atoms with E-state index in [-0.39, 0.29) is 11.9 Å². The zero-order valence-corrected chi connectivity index (χ0v) is 15.8. The summed E-state index contributed by atoms with van der Waals surface area (Å²) in [5, 5.41) is 0. The number of nitrogen functional groups attached to an aromatic ring is 1. The molecule has 26 heavy (non-hydrogen) atoms. The quantitative estimate of drug-likeness (QED) is 0.820. The van der Waals surface area contributed by atoms with Gasteiger partial charge in [-0.05, 0) is 49.6 Å².